The molecule has 0 bridgehead atoms. The third kappa shape index (κ3) is 4.38. The van der Waals surface area contributed by atoms with Gasteiger partial charge in [0.25, 0.3) is 0 Å². The van der Waals surface area contributed by atoms with Gasteiger partial charge in [-0.1, -0.05) is 0 Å². The number of hydrogen-bond acceptors (Lipinski definition) is 4. The zero-order valence-corrected chi connectivity index (χ0v) is 12.8. The molecule has 0 spiro atoms. The zero-order chi connectivity index (χ0) is 15.2. The highest BCUT2D eigenvalue weighted by Crippen LogP contribution is 2.19. The van der Waals surface area contributed by atoms with E-state index in [0.717, 1.165) is 11.4 Å². The van der Waals surface area contributed by atoms with Gasteiger partial charge in [-0.3, -0.25) is 9.48 Å². The number of carbonyl (C=O) groups is 2. The van der Waals surface area contributed by atoms with Gasteiger partial charge in [-0.25, -0.2) is 4.79 Å². The van der Waals surface area contributed by atoms with Crippen molar-refractivity contribution in [2.45, 2.75) is 18.9 Å². The summed E-state index contributed by atoms with van der Waals surface area (Å²) in [6, 6.07) is 1.51. The van der Waals surface area contributed by atoms with Crippen molar-refractivity contribution in [1.29, 1.82) is 0 Å². The lowest BCUT2D eigenvalue weighted by molar-refractivity contribution is -0.137. The Hall–Kier alpha value is -1.70. The second-order valence-electron chi connectivity index (χ2n) is 4.95. The first kappa shape index (κ1) is 15.7. The minimum Gasteiger partial charge on any atom is -0.481 e. The minimum atomic E-state index is -0.866. The molecular formula is C13H20N4O3S. The fraction of sp³-hybridized carbons (Fsp3) is 0.615. The molecule has 2 N–H and O–H groups in total. The molecule has 21 heavy (non-hydrogen) atoms. The van der Waals surface area contributed by atoms with E-state index in [2.05, 4.69) is 10.4 Å². The van der Waals surface area contributed by atoms with Crippen LogP contribution in [0.15, 0.2) is 12.3 Å². The van der Waals surface area contributed by atoms with Crippen LogP contribution in [0, 0.1) is 0 Å². The van der Waals surface area contributed by atoms with Crippen LogP contribution in [-0.2, 0) is 18.3 Å². The molecule has 0 aromatic carbocycles. The van der Waals surface area contributed by atoms with Crippen molar-refractivity contribution < 1.29 is 14.7 Å². The molecule has 2 heterocycles. The van der Waals surface area contributed by atoms with Gasteiger partial charge in [0.15, 0.2) is 0 Å². The molecule has 1 unspecified atom stereocenters. The maximum Gasteiger partial charge on any atom is 0.317 e. The zero-order valence-electron chi connectivity index (χ0n) is 12.0. The summed E-state index contributed by atoms with van der Waals surface area (Å²) in [4.78, 5) is 24.7. The number of aliphatic carboxylic acids is 1. The van der Waals surface area contributed by atoms with E-state index >= 15 is 0 Å². The van der Waals surface area contributed by atoms with Gasteiger partial charge in [-0.15, -0.1) is 0 Å². The molecule has 1 fully saturated rings. The first-order valence-corrected chi connectivity index (χ1v) is 8.04. The highest BCUT2D eigenvalue weighted by molar-refractivity contribution is 7.99. The monoisotopic (exact) mass is 312 g/mol. The highest BCUT2D eigenvalue weighted by Gasteiger charge is 2.28. The van der Waals surface area contributed by atoms with Gasteiger partial charge in [-0.05, 0) is 6.07 Å². The van der Waals surface area contributed by atoms with Crippen molar-refractivity contribution in [1.82, 2.24) is 20.0 Å². The average Bonchev–Trinajstić information content (AvgIpc) is 2.84. The molecule has 1 aliphatic rings. The Balaban J connectivity index is 1.83. The number of aryl methyl sites for hydroxylation is 1. The third-order valence-corrected chi connectivity index (χ3v) is 4.57. The van der Waals surface area contributed by atoms with E-state index in [1.54, 1.807) is 27.5 Å². The van der Waals surface area contributed by atoms with E-state index in [1.807, 2.05) is 13.1 Å². The van der Waals surface area contributed by atoms with Crippen LogP contribution in [0.25, 0.3) is 0 Å². The standard InChI is InChI=1S/C13H20N4O3S/c1-16-10(3-5-15-16)2-4-14-13(20)17-6-7-21-9-11(17)8-12(18)19/h3,5,11H,2,4,6-9H2,1H3,(H,14,20)(H,18,19). The van der Waals surface area contributed by atoms with E-state index in [1.165, 1.54) is 0 Å². The molecule has 0 radical (unpaired) electrons. The van der Waals surface area contributed by atoms with Crippen LogP contribution in [0.2, 0.25) is 0 Å². The number of thioether (sulfide) groups is 1. The fourth-order valence-corrected chi connectivity index (χ4v) is 3.40. The Bertz CT molecular complexity index is 505. The Kier molecular flexibility index (Phi) is 5.49. The smallest absolute Gasteiger partial charge is 0.317 e. The fourth-order valence-electron chi connectivity index (χ4n) is 2.34. The Morgan fingerprint density at radius 1 is 1.57 bits per heavy atom. The van der Waals surface area contributed by atoms with Crippen molar-refractivity contribution in [3.63, 3.8) is 0 Å². The van der Waals surface area contributed by atoms with Gasteiger partial charge in [0, 0.05) is 50.0 Å². The molecule has 7 nitrogen and oxygen atoms in total. The van der Waals surface area contributed by atoms with E-state index < -0.39 is 5.97 Å². The first-order chi connectivity index (χ1) is 10.1. The van der Waals surface area contributed by atoms with Crippen LogP contribution < -0.4 is 5.32 Å². The van der Waals surface area contributed by atoms with E-state index in [9.17, 15) is 9.59 Å². The number of aromatic nitrogens is 2. The van der Waals surface area contributed by atoms with Crippen molar-refractivity contribution >= 4 is 23.8 Å². The minimum absolute atomic E-state index is 0.00213. The molecule has 1 saturated heterocycles. The number of hydrogen-bond donors (Lipinski definition) is 2. The summed E-state index contributed by atoms with van der Waals surface area (Å²) in [5.74, 6) is 0.669. The first-order valence-electron chi connectivity index (χ1n) is 6.89. The van der Waals surface area contributed by atoms with Crippen LogP contribution in [0.1, 0.15) is 12.1 Å². The normalized spacial score (nSPS) is 18.5. The van der Waals surface area contributed by atoms with Crippen molar-refractivity contribution in [3.8, 4) is 0 Å². The lowest BCUT2D eigenvalue weighted by atomic mass is 10.2. The van der Waals surface area contributed by atoms with Gasteiger partial charge in [0.2, 0.25) is 0 Å². The molecule has 0 saturated carbocycles. The largest absolute Gasteiger partial charge is 0.481 e. The Morgan fingerprint density at radius 2 is 2.38 bits per heavy atom. The maximum atomic E-state index is 12.2. The van der Waals surface area contributed by atoms with Crippen LogP contribution >= 0.6 is 11.8 Å². The number of amides is 2. The van der Waals surface area contributed by atoms with Crippen molar-refractivity contribution in [2.75, 3.05) is 24.6 Å². The van der Waals surface area contributed by atoms with E-state index in [4.69, 9.17) is 5.11 Å². The van der Waals surface area contributed by atoms with E-state index in [0.29, 0.717) is 25.3 Å². The molecule has 2 amide bonds. The molecule has 1 aromatic heterocycles. The number of carboxylic acids is 1. The van der Waals surface area contributed by atoms with Crippen molar-refractivity contribution in [3.05, 3.63) is 18.0 Å². The lowest BCUT2D eigenvalue weighted by Gasteiger charge is -2.34. The van der Waals surface area contributed by atoms with Gasteiger partial charge >= 0.3 is 12.0 Å². The molecule has 8 heteroatoms. The number of urea groups is 1. The Labute approximate surface area is 127 Å². The van der Waals surface area contributed by atoms with Crippen LogP contribution in [0.4, 0.5) is 4.79 Å². The summed E-state index contributed by atoms with van der Waals surface area (Å²) in [6.07, 6.45) is 2.43. The molecule has 1 aliphatic heterocycles. The number of carbonyl (C=O) groups excluding carboxylic acids is 1. The van der Waals surface area contributed by atoms with Gasteiger partial charge < -0.3 is 15.3 Å². The second-order valence-corrected chi connectivity index (χ2v) is 6.10. The number of rotatable bonds is 5. The van der Waals surface area contributed by atoms with Crippen molar-refractivity contribution in [2.24, 2.45) is 7.05 Å². The molecule has 2 rings (SSSR count). The van der Waals surface area contributed by atoms with Crippen LogP contribution in [0.3, 0.4) is 0 Å². The predicted molar refractivity (Wildman–Crippen MR) is 80.4 cm³/mol. The number of carboxylic acid groups (broad SMARTS) is 1. The van der Waals surface area contributed by atoms with Gasteiger partial charge in [0.1, 0.15) is 0 Å². The quantitative estimate of drug-likeness (QED) is 0.830. The second kappa shape index (κ2) is 7.35. The molecule has 0 aliphatic carbocycles. The maximum absolute atomic E-state index is 12.2. The summed E-state index contributed by atoms with van der Waals surface area (Å²) >= 11 is 1.69. The molecule has 1 atom stereocenters. The summed E-state index contributed by atoms with van der Waals surface area (Å²) < 4.78 is 1.77. The molecular weight excluding hydrogens is 292 g/mol. The number of nitrogens with one attached hydrogen (secondary N) is 1. The Morgan fingerprint density at radius 3 is 3.05 bits per heavy atom. The van der Waals surface area contributed by atoms with Crippen LogP contribution in [-0.4, -0.2) is 62.4 Å². The summed E-state index contributed by atoms with van der Waals surface area (Å²) in [5.41, 5.74) is 1.05. The third-order valence-electron chi connectivity index (χ3n) is 3.48. The number of nitrogens with zero attached hydrogens (tertiary/aromatic N) is 3. The summed E-state index contributed by atoms with van der Waals surface area (Å²) in [5, 5.41) is 15.9. The lowest BCUT2D eigenvalue weighted by Crippen LogP contribution is -2.51. The predicted octanol–water partition coefficient (Wildman–Crippen LogP) is 0.564. The highest BCUT2D eigenvalue weighted by atomic mass is 32.2. The van der Waals surface area contributed by atoms with Gasteiger partial charge in [-0.2, -0.15) is 16.9 Å². The summed E-state index contributed by atoms with van der Waals surface area (Å²) in [6.45, 7) is 1.11. The molecule has 1 aromatic rings. The SMILES string of the molecule is Cn1nccc1CCNC(=O)N1CCSCC1CC(=O)O. The van der Waals surface area contributed by atoms with Crippen LogP contribution in [0.5, 0.6) is 0 Å². The topological polar surface area (TPSA) is 87.5 Å². The van der Waals surface area contributed by atoms with Gasteiger partial charge in [0.05, 0.1) is 12.5 Å². The molecule has 116 valence electrons. The summed E-state index contributed by atoms with van der Waals surface area (Å²) in [7, 11) is 1.86. The van der Waals surface area contributed by atoms with E-state index in [-0.39, 0.29) is 18.5 Å². The average molecular weight is 312 g/mol.